The lowest BCUT2D eigenvalue weighted by atomic mass is 10.1. The second kappa shape index (κ2) is 6.70. The van der Waals surface area contributed by atoms with Gasteiger partial charge >= 0.3 is 5.97 Å². The molecule has 0 amide bonds. The lowest BCUT2D eigenvalue weighted by molar-refractivity contribution is 0.0524. The van der Waals surface area contributed by atoms with Crippen LogP contribution in [0.2, 0.25) is 5.02 Å². The molecule has 3 aromatic rings. The Morgan fingerprint density at radius 3 is 2.74 bits per heavy atom. The number of fused-ring (bicyclic) bond motifs is 1. The molecule has 0 N–H and O–H groups in total. The third kappa shape index (κ3) is 3.06. The summed E-state index contributed by atoms with van der Waals surface area (Å²) in [6.45, 7) is 2.49. The number of hydrogen-bond acceptors (Lipinski definition) is 4. The molecular formula is C20H16ClFN2O3. The molecule has 0 aliphatic carbocycles. The van der Waals surface area contributed by atoms with Crippen LogP contribution in [0.5, 0.6) is 0 Å². The van der Waals surface area contributed by atoms with Crippen molar-refractivity contribution in [2.45, 2.75) is 13.0 Å². The molecule has 27 heavy (non-hydrogen) atoms. The van der Waals surface area contributed by atoms with Crippen LogP contribution >= 0.6 is 11.6 Å². The summed E-state index contributed by atoms with van der Waals surface area (Å²) in [6.07, 6.45) is 1.44. The molecule has 4 rings (SSSR count). The molecule has 1 aliphatic heterocycles. The van der Waals surface area contributed by atoms with Gasteiger partial charge in [0.2, 0.25) is 5.43 Å². The van der Waals surface area contributed by atoms with Crippen molar-refractivity contribution in [1.29, 1.82) is 0 Å². The van der Waals surface area contributed by atoms with E-state index in [9.17, 15) is 14.0 Å². The molecule has 7 heteroatoms. The fourth-order valence-electron chi connectivity index (χ4n) is 3.19. The van der Waals surface area contributed by atoms with E-state index in [0.717, 1.165) is 11.6 Å². The predicted octanol–water partition coefficient (Wildman–Crippen LogP) is 3.66. The van der Waals surface area contributed by atoms with Gasteiger partial charge in [-0.25, -0.2) is 9.18 Å². The fourth-order valence-corrected chi connectivity index (χ4v) is 3.35. The first-order valence-electron chi connectivity index (χ1n) is 8.54. The highest BCUT2D eigenvalue weighted by Gasteiger charge is 2.37. The van der Waals surface area contributed by atoms with Crippen molar-refractivity contribution in [3.8, 4) is 0 Å². The zero-order chi connectivity index (χ0) is 19.1. The third-order valence-corrected chi connectivity index (χ3v) is 4.86. The number of benzene rings is 2. The molecule has 1 saturated heterocycles. The van der Waals surface area contributed by atoms with Gasteiger partial charge in [-0.2, -0.15) is 0 Å². The normalized spacial score (nSPS) is 15.8. The van der Waals surface area contributed by atoms with Gasteiger partial charge in [0.1, 0.15) is 11.4 Å². The smallest absolute Gasteiger partial charge is 0.343 e. The Morgan fingerprint density at radius 1 is 1.30 bits per heavy atom. The first-order valence-corrected chi connectivity index (χ1v) is 8.92. The van der Waals surface area contributed by atoms with E-state index in [0.29, 0.717) is 12.1 Å². The van der Waals surface area contributed by atoms with Crippen LogP contribution in [0.1, 0.15) is 28.9 Å². The summed E-state index contributed by atoms with van der Waals surface area (Å²) in [4.78, 5) is 24.9. The molecule has 1 aliphatic rings. The second-order valence-corrected chi connectivity index (χ2v) is 6.68. The minimum Gasteiger partial charge on any atom is -0.462 e. The van der Waals surface area contributed by atoms with E-state index >= 15 is 0 Å². The fraction of sp³-hybridized carbons (Fsp3) is 0.200. The number of aromatic nitrogens is 1. The van der Waals surface area contributed by atoms with E-state index in [1.807, 2.05) is 35.3 Å². The third-order valence-electron chi connectivity index (χ3n) is 4.57. The molecule has 0 bridgehead atoms. The zero-order valence-electron chi connectivity index (χ0n) is 14.5. The monoisotopic (exact) mass is 386 g/mol. The van der Waals surface area contributed by atoms with Crippen LogP contribution in [0.25, 0.3) is 10.9 Å². The quantitative estimate of drug-likeness (QED) is 0.507. The molecule has 0 spiro atoms. The maximum Gasteiger partial charge on any atom is 0.343 e. The lowest BCUT2D eigenvalue weighted by Crippen LogP contribution is -2.25. The van der Waals surface area contributed by atoms with E-state index in [-0.39, 0.29) is 28.6 Å². The summed E-state index contributed by atoms with van der Waals surface area (Å²) >= 11 is 5.94. The molecule has 2 heterocycles. The number of carbonyl (C=O) groups is 1. The van der Waals surface area contributed by atoms with Gasteiger partial charge in [-0.15, -0.1) is 0 Å². The number of ether oxygens (including phenoxy) is 1. The first-order chi connectivity index (χ1) is 13.0. The summed E-state index contributed by atoms with van der Waals surface area (Å²) in [6, 6.07) is 12.4. The minimum absolute atomic E-state index is 0.0844. The largest absolute Gasteiger partial charge is 0.462 e. The molecule has 0 saturated carbocycles. The molecule has 1 fully saturated rings. The minimum atomic E-state index is -0.730. The highest BCUT2D eigenvalue weighted by molar-refractivity contribution is 6.31. The van der Waals surface area contributed by atoms with Crippen molar-refractivity contribution in [1.82, 2.24) is 4.68 Å². The highest BCUT2D eigenvalue weighted by Crippen LogP contribution is 2.34. The number of hydrogen-bond donors (Lipinski definition) is 0. The van der Waals surface area contributed by atoms with Crippen molar-refractivity contribution in [2.75, 3.05) is 18.2 Å². The van der Waals surface area contributed by atoms with Gasteiger partial charge in [-0.3, -0.25) is 9.47 Å². The standard InChI is InChI=1S/C20H16ClFN2O3/c1-2-27-20(26)14-10-23(24-11-18(24)12-6-4-3-5-7-12)17-9-15(21)16(22)8-13(17)19(14)25/h3-10,18H,2,11H2,1H3. The van der Waals surface area contributed by atoms with Gasteiger partial charge in [-0.1, -0.05) is 41.9 Å². The van der Waals surface area contributed by atoms with Crippen LogP contribution in [-0.2, 0) is 4.74 Å². The van der Waals surface area contributed by atoms with Crippen LogP contribution < -0.4 is 10.4 Å². The topological polar surface area (TPSA) is 51.3 Å². The Morgan fingerprint density at radius 2 is 2.04 bits per heavy atom. The van der Waals surface area contributed by atoms with Crippen molar-refractivity contribution >= 4 is 28.5 Å². The van der Waals surface area contributed by atoms with Crippen LogP contribution in [0, 0.1) is 5.82 Å². The summed E-state index contributed by atoms with van der Waals surface area (Å²) in [7, 11) is 0. The predicted molar refractivity (Wildman–Crippen MR) is 101 cm³/mol. The molecular weight excluding hydrogens is 371 g/mol. The number of carbonyl (C=O) groups excluding carboxylic acids is 1. The summed E-state index contributed by atoms with van der Waals surface area (Å²) in [5, 5.41) is 1.97. The van der Waals surface area contributed by atoms with Gasteiger partial charge in [0.25, 0.3) is 0 Å². The van der Waals surface area contributed by atoms with Crippen molar-refractivity contribution in [2.24, 2.45) is 0 Å². The SMILES string of the molecule is CCOC(=O)c1cn(N2CC2c2ccccc2)c2cc(Cl)c(F)cc2c1=O. The maximum absolute atomic E-state index is 14.0. The molecule has 1 unspecified atom stereocenters. The first kappa shape index (κ1) is 17.5. The van der Waals surface area contributed by atoms with E-state index in [4.69, 9.17) is 16.3 Å². The van der Waals surface area contributed by atoms with E-state index < -0.39 is 17.2 Å². The highest BCUT2D eigenvalue weighted by atomic mass is 35.5. The lowest BCUT2D eigenvalue weighted by Gasteiger charge is -2.16. The molecule has 2 aromatic carbocycles. The molecule has 138 valence electrons. The molecule has 1 aromatic heterocycles. The van der Waals surface area contributed by atoms with Gasteiger partial charge in [0, 0.05) is 6.20 Å². The number of esters is 1. The van der Waals surface area contributed by atoms with Crippen LogP contribution in [0.15, 0.2) is 53.5 Å². The number of halogens is 2. The van der Waals surface area contributed by atoms with Crippen LogP contribution in [0.3, 0.4) is 0 Å². The average molecular weight is 387 g/mol. The molecule has 0 radical (unpaired) electrons. The molecule has 1 atom stereocenters. The van der Waals surface area contributed by atoms with Crippen molar-refractivity contribution < 1.29 is 13.9 Å². The maximum atomic E-state index is 14.0. The number of rotatable bonds is 4. The van der Waals surface area contributed by atoms with Crippen LogP contribution in [0.4, 0.5) is 4.39 Å². The summed E-state index contributed by atoms with van der Waals surface area (Å²) in [5.41, 5.74) is 0.839. The van der Waals surface area contributed by atoms with E-state index in [1.165, 1.54) is 12.3 Å². The number of pyridine rings is 1. The second-order valence-electron chi connectivity index (χ2n) is 6.27. The Hall–Kier alpha value is -2.86. The number of nitrogens with zero attached hydrogens (tertiary/aromatic N) is 2. The van der Waals surface area contributed by atoms with Gasteiger partial charge in [0.15, 0.2) is 0 Å². The Kier molecular flexibility index (Phi) is 4.36. The van der Waals surface area contributed by atoms with E-state index in [1.54, 1.807) is 11.6 Å². The average Bonchev–Trinajstić information content (AvgIpc) is 3.45. The summed E-state index contributed by atoms with van der Waals surface area (Å²) < 4.78 is 20.7. The van der Waals surface area contributed by atoms with Gasteiger partial charge in [-0.05, 0) is 24.6 Å². The Bertz CT molecular complexity index is 1100. The zero-order valence-corrected chi connectivity index (χ0v) is 15.2. The van der Waals surface area contributed by atoms with E-state index in [2.05, 4.69) is 0 Å². The van der Waals surface area contributed by atoms with Gasteiger partial charge < -0.3 is 9.75 Å². The molecule has 5 nitrogen and oxygen atoms in total. The van der Waals surface area contributed by atoms with Crippen molar-refractivity contribution in [3.63, 3.8) is 0 Å². The Labute approximate surface area is 159 Å². The Balaban J connectivity index is 1.89. The van der Waals surface area contributed by atoms with Gasteiger partial charge in [0.05, 0.1) is 35.1 Å². The van der Waals surface area contributed by atoms with Crippen molar-refractivity contribution in [3.05, 3.63) is 80.9 Å². The summed E-state index contributed by atoms with van der Waals surface area (Å²) in [5.74, 6) is -1.44. The van der Waals surface area contributed by atoms with Crippen LogP contribution in [-0.4, -0.2) is 23.8 Å².